The molecule has 0 bridgehead atoms. The van der Waals surface area contributed by atoms with Crippen molar-refractivity contribution in [2.45, 2.75) is 19.8 Å². The SMILES string of the molecule is CCCc1c2nccc(Cl)c2cc2c(=O)cc(C(=O)[O-])oc12.[Na+]. The zero-order chi connectivity index (χ0) is 15.9. The zero-order valence-electron chi connectivity index (χ0n) is 12.7. The number of hydrogen-bond acceptors (Lipinski definition) is 5. The molecule has 23 heavy (non-hydrogen) atoms. The molecule has 0 unspecified atom stereocenters. The fraction of sp³-hybridized carbons (Fsp3) is 0.188. The Bertz CT molecular complexity index is 968. The van der Waals surface area contributed by atoms with Crippen LogP contribution in [0.1, 0.15) is 29.5 Å². The predicted molar refractivity (Wildman–Crippen MR) is 81.1 cm³/mol. The van der Waals surface area contributed by atoms with E-state index in [-0.39, 0.29) is 40.5 Å². The van der Waals surface area contributed by atoms with Gasteiger partial charge in [-0.2, -0.15) is 0 Å². The number of carbonyl (C=O) groups excluding carboxylic acids is 1. The van der Waals surface area contributed by atoms with E-state index >= 15 is 0 Å². The normalized spacial score (nSPS) is 10.7. The zero-order valence-corrected chi connectivity index (χ0v) is 15.4. The number of aromatic carboxylic acids is 1. The molecule has 1 aromatic carbocycles. The number of rotatable bonds is 3. The molecule has 0 aliphatic heterocycles. The van der Waals surface area contributed by atoms with Crippen molar-refractivity contribution in [2.75, 3.05) is 0 Å². The Balaban J connectivity index is 0.00000192. The Kier molecular flexibility index (Phi) is 5.47. The van der Waals surface area contributed by atoms with Crippen LogP contribution in [0.4, 0.5) is 0 Å². The van der Waals surface area contributed by atoms with Gasteiger partial charge in [0.1, 0.15) is 11.6 Å². The molecule has 3 rings (SSSR count). The van der Waals surface area contributed by atoms with Crippen LogP contribution in [0.25, 0.3) is 21.9 Å². The maximum Gasteiger partial charge on any atom is 1.00 e. The molecule has 3 aromatic rings. The third-order valence-electron chi connectivity index (χ3n) is 3.47. The summed E-state index contributed by atoms with van der Waals surface area (Å²) in [4.78, 5) is 27.5. The first kappa shape index (κ1) is 17.9. The molecular weight excluding hydrogens is 329 g/mol. The number of hydrogen-bond donors (Lipinski definition) is 0. The summed E-state index contributed by atoms with van der Waals surface area (Å²) in [7, 11) is 0. The molecule has 7 heteroatoms. The second-order valence-corrected chi connectivity index (χ2v) is 5.34. The van der Waals surface area contributed by atoms with Gasteiger partial charge in [0.2, 0.25) is 0 Å². The molecule has 0 saturated carbocycles. The van der Waals surface area contributed by atoms with Gasteiger partial charge in [-0.1, -0.05) is 24.9 Å². The van der Waals surface area contributed by atoms with Gasteiger partial charge in [0.05, 0.1) is 15.9 Å². The van der Waals surface area contributed by atoms with Gasteiger partial charge in [0.15, 0.2) is 11.2 Å². The largest absolute Gasteiger partial charge is 1.00 e. The van der Waals surface area contributed by atoms with E-state index in [2.05, 4.69) is 4.98 Å². The van der Waals surface area contributed by atoms with Gasteiger partial charge in [-0.3, -0.25) is 9.78 Å². The molecule has 2 heterocycles. The molecular formula is C16H11ClNNaO4. The van der Waals surface area contributed by atoms with Crippen LogP contribution in [-0.2, 0) is 6.42 Å². The number of benzene rings is 1. The Morgan fingerprint density at radius 2 is 2.09 bits per heavy atom. The van der Waals surface area contributed by atoms with Crippen molar-refractivity contribution in [3.8, 4) is 0 Å². The molecule has 0 amide bonds. The van der Waals surface area contributed by atoms with E-state index < -0.39 is 17.2 Å². The third kappa shape index (κ3) is 3.15. The third-order valence-corrected chi connectivity index (χ3v) is 3.80. The molecule has 0 radical (unpaired) electrons. The average molecular weight is 340 g/mol. The first-order valence-electron chi connectivity index (χ1n) is 6.78. The molecule has 0 saturated heterocycles. The fourth-order valence-corrected chi connectivity index (χ4v) is 2.73. The first-order chi connectivity index (χ1) is 10.5. The van der Waals surface area contributed by atoms with E-state index in [1.165, 1.54) is 0 Å². The van der Waals surface area contributed by atoms with E-state index in [1.807, 2.05) is 6.92 Å². The summed E-state index contributed by atoms with van der Waals surface area (Å²) in [5.74, 6) is -2.02. The van der Waals surface area contributed by atoms with Crippen LogP contribution >= 0.6 is 11.6 Å². The summed E-state index contributed by atoms with van der Waals surface area (Å²) in [6.07, 6.45) is 2.93. The smallest absolute Gasteiger partial charge is 0.542 e. The van der Waals surface area contributed by atoms with Crippen LogP contribution in [0.5, 0.6) is 0 Å². The number of carbonyl (C=O) groups is 1. The van der Waals surface area contributed by atoms with E-state index in [0.29, 0.717) is 27.9 Å². The van der Waals surface area contributed by atoms with Crippen molar-refractivity contribution in [1.82, 2.24) is 4.98 Å². The van der Waals surface area contributed by atoms with E-state index in [4.69, 9.17) is 16.0 Å². The van der Waals surface area contributed by atoms with Crippen molar-refractivity contribution in [3.05, 3.63) is 51.0 Å². The second-order valence-electron chi connectivity index (χ2n) is 4.93. The minimum atomic E-state index is -1.53. The molecule has 2 aromatic heterocycles. The van der Waals surface area contributed by atoms with Crippen molar-refractivity contribution in [2.24, 2.45) is 0 Å². The van der Waals surface area contributed by atoms with Crippen LogP contribution in [0, 0.1) is 0 Å². The standard InChI is InChI=1S/C16H12ClNO4.Na/c1-2-3-8-14-9(11(17)4-5-18-14)6-10-12(19)7-13(16(20)21)22-15(8)10;/h4-7H,2-3H2,1H3,(H,20,21);/q;+1/p-1. The van der Waals surface area contributed by atoms with Gasteiger partial charge in [0.25, 0.3) is 0 Å². The van der Waals surface area contributed by atoms with Crippen LogP contribution in [-0.4, -0.2) is 11.0 Å². The van der Waals surface area contributed by atoms with E-state index in [9.17, 15) is 14.7 Å². The van der Waals surface area contributed by atoms with Gasteiger partial charge < -0.3 is 14.3 Å². The molecule has 112 valence electrons. The Hall–Kier alpha value is -1.40. The van der Waals surface area contributed by atoms with Gasteiger partial charge in [-0.05, 0) is 18.6 Å². The van der Waals surface area contributed by atoms with Gasteiger partial charge >= 0.3 is 29.6 Å². The Morgan fingerprint density at radius 1 is 1.35 bits per heavy atom. The number of nitrogens with zero attached hydrogens (tertiary/aromatic N) is 1. The van der Waals surface area contributed by atoms with E-state index in [1.54, 1.807) is 18.3 Å². The van der Waals surface area contributed by atoms with Crippen LogP contribution < -0.4 is 40.1 Å². The maximum absolute atomic E-state index is 12.2. The molecule has 0 aliphatic carbocycles. The number of aromatic nitrogens is 1. The van der Waals surface area contributed by atoms with Crippen LogP contribution in [0.15, 0.2) is 33.6 Å². The summed E-state index contributed by atoms with van der Waals surface area (Å²) in [6, 6.07) is 4.15. The molecule has 0 spiro atoms. The minimum Gasteiger partial charge on any atom is -0.542 e. The molecule has 0 aliphatic rings. The molecule has 5 nitrogen and oxygen atoms in total. The van der Waals surface area contributed by atoms with Crippen molar-refractivity contribution < 1.29 is 43.9 Å². The molecule has 0 atom stereocenters. The topological polar surface area (TPSA) is 83.2 Å². The Labute approximate surface area is 158 Å². The van der Waals surface area contributed by atoms with Gasteiger partial charge in [0, 0.05) is 23.2 Å². The number of aryl methyl sites for hydroxylation is 1. The predicted octanol–water partition coefficient (Wildman–Crippen LogP) is -0.685. The summed E-state index contributed by atoms with van der Waals surface area (Å²) in [5, 5.41) is 12.4. The minimum absolute atomic E-state index is 0. The summed E-state index contributed by atoms with van der Waals surface area (Å²) in [6.45, 7) is 1.97. The van der Waals surface area contributed by atoms with E-state index in [0.717, 1.165) is 12.5 Å². The summed E-state index contributed by atoms with van der Waals surface area (Å²) >= 11 is 6.19. The summed E-state index contributed by atoms with van der Waals surface area (Å²) in [5.41, 5.74) is 1.08. The Morgan fingerprint density at radius 3 is 2.74 bits per heavy atom. The molecule has 0 N–H and O–H groups in total. The van der Waals surface area contributed by atoms with Crippen LogP contribution in [0.2, 0.25) is 5.02 Å². The number of carboxylic acid groups (broad SMARTS) is 1. The molecule has 0 fully saturated rings. The fourth-order valence-electron chi connectivity index (χ4n) is 2.53. The van der Waals surface area contributed by atoms with Crippen molar-refractivity contribution in [3.63, 3.8) is 0 Å². The quantitative estimate of drug-likeness (QED) is 0.466. The number of pyridine rings is 1. The maximum atomic E-state index is 12.2. The number of halogens is 1. The monoisotopic (exact) mass is 339 g/mol. The first-order valence-corrected chi connectivity index (χ1v) is 7.16. The van der Waals surface area contributed by atoms with Gasteiger partial charge in [-0.15, -0.1) is 0 Å². The second kappa shape index (κ2) is 7.01. The van der Waals surface area contributed by atoms with Gasteiger partial charge in [-0.25, -0.2) is 0 Å². The summed E-state index contributed by atoms with van der Waals surface area (Å²) < 4.78 is 5.39. The van der Waals surface area contributed by atoms with Crippen molar-refractivity contribution >= 4 is 39.4 Å². The average Bonchev–Trinajstić information content (AvgIpc) is 2.48. The van der Waals surface area contributed by atoms with Crippen molar-refractivity contribution in [1.29, 1.82) is 0 Å². The van der Waals surface area contributed by atoms with Crippen LogP contribution in [0.3, 0.4) is 0 Å². The number of fused-ring (bicyclic) bond motifs is 2. The number of carboxylic acids is 1.